The Morgan fingerprint density at radius 3 is 2.79 bits per heavy atom. The van der Waals surface area contributed by atoms with Crippen molar-refractivity contribution >= 4 is 17.3 Å². The van der Waals surface area contributed by atoms with Crippen LogP contribution in [-0.2, 0) is 11.2 Å². The third-order valence-electron chi connectivity index (χ3n) is 2.01. The summed E-state index contributed by atoms with van der Waals surface area (Å²) in [7, 11) is 0. The molecule has 0 atom stereocenters. The summed E-state index contributed by atoms with van der Waals surface area (Å²) in [5.41, 5.74) is 0.999. The topological polar surface area (TPSA) is 47.3 Å². The molecule has 0 aliphatic carbocycles. The molecule has 1 aromatic heterocycles. The van der Waals surface area contributed by atoms with Gasteiger partial charge in [0, 0.05) is 17.9 Å². The number of hydrogen-bond donors (Lipinski definition) is 0. The first-order valence-electron chi connectivity index (χ1n) is 4.26. The van der Waals surface area contributed by atoms with Crippen LogP contribution in [0.5, 0.6) is 0 Å². The molecule has 0 aliphatic rings. The van der Waals surface area contributed by atoms with Crippen LogP contribution in [-0.4, -0.2) is 6.29 Å². The summed E-state index contributed by atoms with van der Waals surface area (Å²) < 4.78 is 4.98. The van der Waals surface area contributed by atoms with Crippen molar-refractivity contribution in [1.82, 2.24) is 0 Å². The van der Waals surface area contributed by atoms with Gasteiger partial charge in [-0.3, -0.25) is 0 Å². The highest BCUT2D eigenvalue weighted by molar-refractivity contribution is 5.77. The van der Waals surface area contributed by atoms with Gasteiger partial charge in [0.05, 0.1) is 0 Å². The highest BCUT2D eigenvalue weighted by Gasteiger charge is 1.98. The van der Waals surface area contributed by atoms with Crippen molar-refractivity contribution in [1.29, 1.82) is 0 Å². The van der Waals surface area contributed by atoms with E-state index in [2.05, 4.69) is 0 Å². The van der Waals surface area contributed by atoms with Gasteiger partial charge in [0.1, 0.15) is 11.9 Å². The average molecular weight is 188 g/mol. The SMILES string of the molecule is O=CCc1ccc2ccc(=O)oc2c1. The maximum Gasteiger partial charge on any atom is 0.336 e. The van der Waals surface area contributed by atoms with Crippen molar-refractivity contribution in [2.24, 2.45) is 0 Å². The Bertz CT molecular complexity index is 525. The maximum atomic E-state index is 10.9. The normalized spacial score (nSPS) is 10.3. The smallest absolute Gasteiger partial charge is 0.336 e. The zero-order valence-corrected chi connectivity index (χ0v) is 7.40. The molecule has 0 amide bonds. The van der Waals surface area contributed by atoms with Crippen LogP contribution in [0, 0.1) is 0 Å². The van der Waals surface area contributed by atoms with Crippen molar-refractivity contribution < 1.29 is 9.21 Å². The molecule has 1 heterocycles. The maximum absolute atomic E-state index is 10.9. The quantitative estimate of drug-likeness (QED) is 0.530. The molecule has 0 aliphatic heterocycles. The van der Waals surface area contributed by atoms with Crippen molar-refractivity contribution in [3.63, 3.8) is 0 Å². The molecule has 0 N–H and O–H groups in total. The largest absolute Gasteiger partial charge is 0.423 e. The predicted octanol–water partition coefficient (Wildman–Crippen LogP) is 1.53. The fourth-order valence-corrected chi connectivity index (χ4v) is 1.33. The van der Waals surface area contributed by atoms with E-state index < -0.39 is 0 Å². The molecular weight excluding hydrogens is 180 g/mol. The zero-order chi connectivity index (χ0) is 9.97. The second-order valence-electron chi connectivity index (χ2n) is 3.00. The van der Waals surface area contributed by atoms with E-state index in [9.17, 15) is 9.59 Å². The van der Waals surface area contributed by atoms with E-state index >= 15 is 0 Å². The molecule has 2 rings (SSSR count). The van der Waals surface area contributed by atoms with E-state index in [0.29, 0.717) is 12.0 Å². The Balaban J connectivity index is 2.63. The van der Waals surface area contributed by atoms with Crippen molar-refractivity contribution in [2.45, 2.75) is 6.42 Å². The molecule has 0 bridgehead atoms. The van der Waals surface area contributed by atoms with Crippen LogP contribution in [0.2, 0.25) is 0 Å². The Kier molecular flexibility index (Phi) is 2.14. The third-order valence-corrected chi connectivity index (χ3v) is 2.01. The van der Waals surface area contributed by atoms with Crippen LogP contribution in [0.25, 0.3) is 11.0 Å². The lowest BCUT2D eigenvalue weighted by atomic mass is 10.1. The molecule has 0 unspecified atom stereocenters. The first kappa shape index (κ1) is 8.69. The molecule has 2 aromatic rings. The Morgan fingerprint density at radius 2 is 2.00 bits per heavy atom. The summed E-state index contributed by atoms with van der Waals surface area (Å²) >= 11 is 0. The fraction of sp³-hybridized carbons (Fsp3) is 0.0909. The second-order valence-corrected chi connectivity index (χ2v) is 3.00. The van der Waals surface area contributed by atoms with E-state index in [1.807, 2.05) is 12.1 Å². The number of hydrogen-bond acceptors (Lipinski definition) is 3. The lowest BCUT2D eigenvalue weighted by molar-refractivity contribution is -0.107. The minimum atomic E-state index is -0.374. The fourth-order valence-electron chi connectivity index (χ4n) is 1.33. The molecule has 14 heavy (non-hydrogen) atoms. The minimum absolute atomic E-state index is 0.342. The summed E-state index contributed by atoms with van der Waals surface area (Å²) in [6.45, 7) is 0. The highest BCUT2D eigenvalue weighted by Crippen LogP contribution is 2.13. The molecule has 0 radical (unpaired) electrons. The highest BCUT2D eigenvalue weighted by atomic mass is 16.4. The van der Waals surface area contributed by atoms with E-state index in [0.717, 1.165) is 17.2 Å². The summed E-state index contributed by atoms with van der Waals surface area (Å²) in [6.07, 6.45) is 1.16. The minimum Gasteiger partial charge on any atom is -0.423 e. The van der Waals surface area contributed by atoms with Gasteiger partial charge in [-0.2, -0.15) is 0 Å². The van der Waals surface area contributed by atoms with E-state index in [1.165, 1.54) is 6.07 Å². The Morgan fingerprint density at radius 1 is 1.21 bits per heavy atom. The van der Waals surface area contributed by atoms with Crippen molar-refractivity contribution in [2.75, 3.05) is 0 Å². The van der Waals surface area contributed by atoms with Gasteiger partial charge in [-0.05, 0) is 17.7 Å². The molecule has 0 spiro atoms. The number of fused-ring (bicyclic) bond motifs is 1. The lowest BCUT2D eigenvalue weighted by Crippen LogP contribution is -1.95. The second kappa shape index (κ2) is 3.46. The first-order valence-corrected chi connectivity index (χ1v) is 4.26. The van der Waals surface area contributed by atoms with E-state index in [-0.39, 0.29) is 5.63 Å². The van der Waals surface area contributed by atoms with Crippen LogP contribution in [0.15, 0.2) is 39.5 Å². The summed E-state index contributed by atoms with van der Waals surface area (Å²) in [5.74, 6) is 0. The van der Waals surface area contributed by atoms with Gasteiger partial charge < -0.3 is 9.21 Å². The summed E-state index contributed by atoms with van der Waals surface area (Å²) in [5, 5.41) is 0.860. The number of carbonyl (C=O) groups excluding carboxylic acids is 1. The standard InChI is InChI=1S/C11H8O3/c12-6-5-8-1-2-9-3-4-11(13)14-10(9)7-8/h1-4,6-7H,5H2. The van der Waals surface area contributed by atoms with Crippen LogP contribution < -0.4 is 5.63 Å². The summed E-state index contributed by atoms with van der Waals surface area (Å²) in [6, 6.07) is 8.46. The Hall–Kier alpha value is -1.90. The van der Waals surface area contributed by atoms with Crippen LogP contribution >= 0.6 is 0 Å². The van der Waals surface area contributed by atoms with E-state index in [4.69, 9.17) is 4.42 Å². The molecular formula is C11H8O3. The van der Waals surface area contributed by atoms with Gasteiger partial charge >= 0.3 is 5.63 Å². The van der Waals surface area contributed by atoms with Gasteiger partial charge in [0.15, 0.2) is 0 Å². The van der Waals surface area contributed by atoms with E-state index in [1.54, 1.807) is 12.1 Å². The molecule has 0 saturated heterocycles. The molecule has 3 heteroatoms. The predicted molar refractivity (Wildman–Crippen MR) is 52.3 cm³/mol. The zero-order valence-electron chi connectivity index (χ0n) is 7.40. The van der Waals surface area contributed by atoms with Gasteiger partial charge in [-0.1, -0.05) is 12.1 Å². The van der Waals surface area contributed by atoms with Crippen LogP contribution in [0.3, 0.4) is 0 Å². The van der Waals surface area contributed by atoms with Crippen LogP contribution in [0.4, 0.5) is 0 Å². The van der Waals surface area contributed by atoms with Gasteiger partial charge in [-0.15, -0.1) is 0 Å². The third kappa shape index (κ3) is 1.57. The molecule has 1 aromatic carbocycles. The number of rotatable bonds is 2. The molecule has 0 saturated carbocycles. The molecule has 3 nitrogen and oxygen atoms in total. The number of carbonyl (C=O) groups is 1. The summed E-state index contributed by atoms with van der Waals surface area (Å²) in [4.78, 5) is 21.2. The lowest BCUT2D eigenvalue weighted by Gasteiger charge is -1.97. The molecule has 70 valence electrons. The van der Waals surface area contributed by atoms with Crippen molar-refractivity contribution in [3.05, 3.63) is 46.3 Å². The molecule has 0 fully saturated rings. The monoisotopic (exact) mass is 188 g/mol. The number of benzene rings is 1. The first-order chi connectivity index (χ1) is 6.79. The van der Waals surface area contributed by atoms with Crippen LogP contribution in [0.1, 0.15) is 5.56 Å². The Labute approximate surface area is 80.0 Å². The van der Waals surface area contributed by atoms with Gasteiger partial charge in [-0.25, -0.2) is 4.79 Å². The average Bonchev–Trinajstić information content (AvgIpc) is 2.17. The van der Waals surface area contributed by atoms with Crippen molar-refractivity contribution in [3.8, 4) is 0 Å². The van der Waals surface area contributed by atoms with Gasteiger partial charge in [0.25, 0.3) is 0 Å². The van der Waals surface area contributed by atoms with Gasteiger partial charge in [0.2, 0.25) is 0 Å². The number of aldehydes is 1.